The van der Waals surface area contributed by atoms with Crippen molar-refractivity contribution < 1.29 is 9.53 Å². The first-order valence-electron chi connectivity index (χ1n) is 5.44. The molecule has 3 nitrogen and oxygen atoms in total. The second-order valence-corrected chi connectivity index (χ2v) is 5.38. The third-order valence-electron chi connectivity index (χ3n) is 2.59. The number of anilines is 1. The van der Waals surface area contributed by atoms with Crippen LogP contribution in [0.1, 0.15) is 17.4 Å². The summed E-state index contributed by atoms with van der Waals surface area (Å²) >= 11 is 7.33. The summed E-state index contributed by atoms with van der Waals surface area (Å²) in [5.74, 6) is -0.0937. The van der Waals surface area contributed by atoms with Gasteiger partial charge in [-0.15, -0.1) is 22.9 Å². The van der Waals surface area contributed by atoms with E-state index in [0.717, 1.165) is 16.1 Å². The molecule has 1 aromatic heterocycles. The van der Waals surface area contributed by atoms with Crippen LogP contribution in [0.4, 0.5) is 5.69 Å². The summed E-state index contributed by atoms with van der Waals surface area (Å²) in [5, 5.41) is 2.05. The molecule has 0 N–H and O–H groups in total. The van der Waals surface area contributed by atoms with Gasteiger partial charge in [0.25, 0.3) is 0 Å². The van der Waals surface area contributed by atoms with Gasteiger partial charge in [-0.3, -0.25) is 4.79 Å². The van der Waals surface area contributed by atoms with Crippen LogP contribution in [-0.2, 0) is 9.53 Å². The summed E-state index contributed by atoms with van der Waals surface area (Å²) in [4.78, 5) is 14.9. The number of carbonyl (C=O) groups is 1. The second-order valence-electron chi connectivity index (χ2n) is 4.03. The molecule has 1 atom stereocenters. The molecule has 1 heterocycles. The maximum atomic E-state index is 12.0. The average molecular weight is 300 g/mol. The molecule has 6 heteroatoms. The van der Waals surface area contributed by atoms with Crippen LogP contribution in [0.15, 0.2) is 5.38 Å². The number of amides is 1. The van der Waals surface area contributed by atoms with Gasteiger partial charge in [0.2, 0.25) is 5.91 Å². The van der Waals surface area contributed by atoms with Crippen molar-refractivity contribution in [2.75, 3.05) is 24.5 Å². The zero-order chi connectivity index (χ0) is 13.0. The Bertz CT molecular complexity index is 378. The number of alkyl halides is 1. The van der Waals surface area contributed by atoms with Crippen LogP contribution in [0, 0.1) is 13.8 Å². The second kappa shape index (κ2) is 8.56. The first-order chi connectivity index (χ1) is 8.02. The molecular weight excluding hydrogens is 281 g/mol. The summed E-state index contributed by atoms with van der Waals surface area (Å²) in [6.45, 7) is 6.48. The Hall–Kier alpha value is 0.420. The fraction of sp³-hybridized carbons (Fsp3) is 0.583. The number of methoxy groups -OCH3 is 1. The molecule has 0 aliphatic carbocycles. The van der Waals surface area contributed by atoms with Gasteiger partial charge < -0.3 is 9.64 Å². The van der Waals surface area contributed by atoms with Crippen LogP contribution >= 0.6 is 22.9 Å². The van der Waals surface area contributed by atoms with E-state index < -0.39 is 0 Å². The summed E-state index contributed by atoms with van der Waals surface area (Å²) < 4.78 is 5.12. The number of carbonyl (C=O) groups excluding carboxylic acids is 1. The fourth-order valence-electron chi connectivity index (χ4n) is 1.90. The van der Waals surface area contributed by atoms with Crippen LogP contribution in [0.5, 0.6) is 0 Å². The Morgan fingerprint density at radius 2 is 2.17 bits per heavy atom. The zero-order valence-electron chi connectivity index (χ0n) is 10.6. The minimum absolute atomic E-state index is 0. The molecule has 1 aromatic rings. The predicted octanol–water partition coefficient (Wildman–Crippen LogP) is 2.32. The van der Waals surface area contributed by atoms with Gasteiger partial charge in [0.05, 0.1) is 18.3 Å². The van der Waals surface area contributed by atoms with E-state index >= 15 is 0 Å². The first kappa shape index (κ1) is 18.4. The molecule has 18 heavy (non-hydrogen) atoms. The quantitative estimate of drug-likeness (QED) is 0.617. The summed E-state index contributed by atoms with van der Waals surface area (Å²) in [6.07, 6.45) is 0. The van der Waals surface area contributed by atoms with Crippen molar-refractivity contribution >= 4 is 64.1 Å². The maximum absolute atomic E-state index is 12.0. The number of nitrogens with zero attached hydrogens (tertiary/aromatic N) is 1. The number of hydrogen-bond acceptors (Lipinski definition) is 3. The van der Waals surface area contributed by atoms with E-state index in [1.807, 2.05) is 20.8 Å². The number of thiophene rings is 1. The number of aryl methyl sites for hydroxylation is 2. The molecule has 0 fully saturated rings. The first-order valence-corrected chi connectivity index (χ1v) is 6.86. The Labute approximate surface area is 140 Å². The molecule has 1 rings (SSSR count). The number of hydrogen-bond donors (Lipinski definition) is 0. The van der Waals surface area contributed by atoms with E-state index in [0.29, 0.717) is 6.61 Å². The fourth-order valence-corrected chi connectivity index (χ4v) is 2.86. The molecule has 0 saturated heterocycles. The Balaban J connectivity index is 0.00000289. The van der Waals surface area contributed by atoms with Crippen LogP contribution < -0.4 is 4.90 Å². The van der Waals surface area contributed by atoms with Crippen molar-refractivity contribution in [1.82, 2.24) is 0 Å². The predicted molar refractivity (Wildman–Crippen MR) is 80.5 cm³/mol. The molecule has 98 valence electrons. The average Bonchev–Trinajstić information content (AvgIpc) is 2.61. The number of rotatable bonds is 5. The van der Waals surface area contributed by atoms with E-state index in [2.05, 4.69) is 5.38 Å². The molecule has 1 amide bonds. The summed E-state index contributed by atoms with van der Waals surface area (Å²) in [7, 11) is 1.63. The van der Waals surface area contributed by atoms with Crippen LogP contribution in [0.2, 0.25) is 0 Å². The van der Waals surface area contributed by atoms with E-state index in [-0.39, 0.29) is 47.4 Å². The molecule has 0 unspecified atom stereocenters. The minimum atomic E-state index is -0.0826. The standard InChI is InChI=1S/C12H18ClNO2S.Na.H/c1-8-7-17-10(3)12(8)14(11(15)5-13)9(2)6-16-4;;/h7,9H,5-6H2,1-4H3;;/t9-;;/m0../s1. The van der Waals surface area contributed by atoms with Gasteiger partial charge in [0.1, 0.15) is 5.88 Å². The molecule has 0 saturated carbocycles. The van der Waals surface area contributed by atoms with Crippen molar-refractivity contribution in [2.24, 2.45) is 0 Å². The van der Waals surface area contributed by atoms with Crippen molar-refractivity contribution in [3.05, 3.63) is 15.8 Å². The molecule has 0 radical (unpaired) electrons. The number of ether oxygens (including phenoxy) is 1. The zero-order valence-corrected chi connectivity index (χ0v) is 12.2. The van der Waals surface area contributed by atoms with Crippen LogP contribution in [-0.4, -0.2) is 61.1 Å². The van der Waals surface area contributed by atoms with Gasteiger partial charge in [0, 0.05) is 12.0 Å². The van der Waals surface area contributed by atoms with Gasteiger partial charge in [0.15, 0.2) is 0 Å². The van der Waals surface area contributed by atoms with Gasteiger partial charge >= 0.3 is 29.6 Å². The summed E-state index contributed by atoms with van der Waals surface area (Å²) in [6, 6.07) is -0.0155. The Kier molecular flexibility index (Phi) is 8.76. The molecule has 0 bridgehead atoms. The van der Waals surface area contributed by atoms with Crippen molar-refractivity contribution in [2.45, 2.75) is 26.8 Å². The molecule has 0 aromatic carbocycles. The van der Waals surface area contributed by atoms with E-state index in [1.165, 1.54) is 0 Å². The topological polar surface area (TPSA) is 29.5 Å². The Morgan fingerprint density at radius 1 is 1.56 bits per heavy atom. The van der Waals surface area contributed by atoms with E-state index in [1.54, 1.807) is 23.3 Å². The molecular formula is C12H19ClNNaO2S. The van der Waals surface area contributed by atoms with Crippen molar-refractivity contribution in [1.29, 1.82) is 0 Å². The Morgan fingerprint density at radius 3 is 2.56 bits per heavy atom. The third-order valence-corrected chi connectivity index (χ3v) is 3.84. The van der Waals surface area contributed by atoms with E-state index in [4.69, 9.17) is 16.3 Å². The third kappa shape index (κ3) is 4.22. The van der Waals surface area contributed by atoms with E-state index in [9.17, 15) is 4.79 Å². The SMILES string of the molecule is COC[C@H](C)N(C(=O)CCl)c1c(C)csc1C.[NaH]. The molecule has 0 aliphatic heterocycles. The summed E-state index contributed by atoms with van der Waals surface area (Å²) in [5.41, 5.74) is 2.08. The van der Waals surface area contributed by atoms with Crippen molar-refractivity contribution in [3.63, 3.8) is 0 Å². The van der Waals surface area contributed by atoms with Gasteiger partial charge in [-0.05, 0) is 31.7 Å². The van der Waals surface area contributed by atoms with Crippen LogP contribution in [0.25, 0.3) is 0 Å². The van der Waals surface area contributed by atoms with Crippen molar-refractivity contribution in [3.8, 4) is 0 Å². The van der Waals surface area contributed by atoms with Crippen LogP contribution in [0.3, 0.4) is 0 Å². The molecule has 0 spiro atoms. The van der Waals surface area contributed by atoms with Gasteiger partial charge in [-0.2, -0.15) is 0 Å². The molecule has 0 aliphatic rings. The van der Waals surface area contributed by atoms with Gasteiger partial charge in [-0.25, -0.2) is 0 Å². The van der Waals surface area contributed by atoms with Gasteiger partial charge in [-0.1, -0.05) is 0 Å². The normalized spacial score (nSPS) is 11.8. The number of halogens is 1. The monoisotopic (exact) mass is 299 g/mol.